The molecule has 1 aliphatic heterocycles. The molecule has 3 aromatic rings. The molecule has 0 spiro atoms. The highest BCUT2D eigenvalue weighted by Gasteiger charge is 2.30. The molecule has 1 amide bonds. The summed E-state index contributed by atoms with van der Waals surface area (Å²) in [5.74, 6) is 2.57. The molecule has 150 valence electrons. The van der Waals surface area contributed by atoms with Gasteiger partial charge in [-0.15, -0.1) is 0 Å². The van der Waals surface area contributed by atoms with E-state index in [-0.39, 0.29) is 5.91 Å². The summed E-state index contributed by atoms with van der Waals surface area (Å²) in [6, 6.07) is 7.90. The van der Waals surface area contributed by atoms with Gasteiger partial charge < -0.3 is 14.0 Å². The second-order valence-electron chi connectivity index (χ2n) is 8.22. The summed E-state index contributed by atoms with van der Waals surface area (Å²) in [5.41, 5.74) is 1.90. The Morgan fingerprint density at radius 2 is 2.03 bits per heavy atom. The van der Waals surface area contributed by atoms with Crippen LogP contribution in [0.5, 0.6) is 0 Å². The molecule has 1 aliphatic carbocycles. The molecule has 0 unspecified atom stereocenters. The number of carbonyl (C=O) groups excluding carboxylic acids is 1. The number of imidazole rings is 1. The maximum atomic E-state index is 13.0. The van der Waals surface area contributed by atoms with Crippen molar-refractivity contribution < 1.29 is 9.32 Å². The summed E-state index contributed by atoms with van der Waals surface area (Å²) in [4.78, 5) is 23.6. The molecule has 2 aromatic heterocycles. The Bertz CT molecular complexity index is 960. The van der Waals surface area contributed by atoms with E-state index >= 15 is 0 Å². The fourth-order valence-electron chi connectivity index (χ4n) is 4.05. The summed E-state index contributed by atoms with van der Waals surface area (Å²) < 4.78 is 7.45. The Labute approximate surface area is 169 Å². The van der Waals surface area contributed by atoms with E-state index in [0.717, 1.165) is 61.7 Å². The van der Waals surface area contributed by atoms with E-state index in [1.807, 2.05) is 39.9 Å². The molecule has 3 heterocycles. The molecule has 1 saturated carbocycles. The molecule has 1 atom stereocenters. The molecule has 1 saturated heterocycles. The van der Waals surface area contributed by atoms with Gasteiger partial charge in [-0.1, -0.05) is 17.3 Å². The lowest BCUT2D eigenvalue weighted by Crippen LogP contribution is -2.40. The lowest BCUT2D eigenvalue weighted by molar-refractivity contribution is 0.0668. The fraction of sp³-hybridized carbons (Fsp3) is 0.455. The molecule has 0 radical (unpaired) electrons. The lowest BCUT2D eigenvalue weighted by atomic mass is 9.94. The quantitative estimate of drug-likeness (QED) is 0.644. The van der Waals surface area contributed by atoms with Gasteiger partial charge in [-0.2, -0.15) is 4.98 Å². The van der Waals surface area contributed by atoms with Gasteiger partial charge in [0.2, 0.25) is 5.89 Å². The molecule has 7 heteroatoms. The van der Waals surface area contributed by atoms with E-state index in [1.54, 1.807) is 12.5 Å². The summed E-state index contributed by atoms with van der Waals surface area (Å²) in [6.07, 6.45) is 10.7. The third-order valence-electron chi connectivity index (χ3n) is 5.82. The normalized spacial score (nSPS) is 19.4. The Kier molecular flexibility index (Phi) is 4.87. The van der Waals surface area contributed by atoms with Gasteiger partial charge in [0.1, 0.15) is 0 Å². The van der Waals surface area contributed by atoms with Crippen LogP contribution in [0.2, 0.25) is 0 Å². The van der Waals surface area contributed by atoms with E-state index in [4.69, 9.17) is 4.52 Å². The van der Waals surface area contributed by atoms with Crippen molar-refractivity contribution >= 4 is 5.91 Å². The first-order valence-electron chi connectivity index (χ1n) is 10.4. The number of carbonyl (C=O) groups is 1. The monoisotopic (exact) mass is 391 g/mol. The number of nitrogens with zero attached hydrogens (tertiary/aromatic N) is 5. The molecule has 1 aromatic carbocycles. The minimum Gasteiger partial charge on any atom is -0.339 e. The standard InChI is InChI=1S/C22H25N5O2/c28-22(19-5-3-16(4-6-19)13-26-11-9-23-15-26)27-10-1-2-17(14-27)12-20-24-21(25-29-20)18-7-8-18/h3-6,9,11,15,17-18H,1-2,7-8,10,12-14H2/t17-/m0/s1. The fourth-order valence-corrected chi connectivity index (χ4v) is 4.05. The number of piperidine rings is 1. The average molecular weight is 391 g/mol. The van der Waals surface area contributed by atoms with Crippen molar-refractivity contribution in [3.63, 3.8) is 0 Å². The number of benzene rings is 1. The summed E-state index contributed by atoms with van der Waals surface area (Å²) >= 11 is 0. The first-order valence-corrected chi connectivity index (χ1v) is 10.4. The van der Waals surface area contributed by atoms with Gasteiger partial charge in [0.05, 0.1) is 6.33 Å². The Balaban J connectivity index is 1.19. The van der Waals surface area contributed by atoms with Gasteiger partial charge in [0.15, 0.2) is 5.82 Å². The minimum absolute atomic E-state index is 0.105. The Morgan fingerprint density at radius 1 is 1.17 bits per heavy atom. The summed E-state index contributed by atoms with van der Waals surface area (Å²) in [6.45, 7) is 2.31. The zero-order valence-electron chi connectivity index (χ0n) is 16.4. The van der Waals surface area contributed by atoms with Crippen LogP contribution in [-0.4, -0.2) is 43.6 Å². The summed E-state index contributed by atoms with van der Waals surface area (Å²) in [5, 5.41) is 4.11. The highest BCUT2D eigenvalue weighted by atomic mass is 16.5. The van der Waals surface area contributed by atoms with Gasteiger partial charge in [-0.3, -0.25) is 4.79 Å². The van der Waals surface area contributed by atoms with Gasteiger partial charge in [-0.25, -0.2) is 4.98 Å². The number of hydrogen-bond donors (Lipinski definition) is 0. The van der Waals surface area contributed by atoms with Crippen molar-refractivity contribution in [3.8, 4) is 0 Å². The largest absolute Gasteiger partial charge is 0.339 e. The van der Waals surface area contributed by atoms with Crippen molar-refractivity contribution in [2.45, 2.75) is 44.6 Å². The van der Waals surface area contributed by atoms with Crippen LogP contribution >= 0.6 is 0 Å². The van der Waals surface area contributed by atoms with Crippen molar-refractivity contribution in [2.24, 2.45) is 5.92 Å². The van der Waals surface area contributed by atoms with E-state index in [9.17, 15) is 4.79 Å². The predicted octanol–water partition coefficient (Wildman–Crippen LogP) is 3.29. The molecular formula is C22H25N5O2. The minimum atomic E-state index is 0.105. The lowest BCUT2D eigenvalue weighted by Gasteiger charge is -2.32. The van der Waals surface area contributed by atoms with E-state index < -0.39 is 0 Å². The Morgan fingerprint density at radius 3 is 2.79 bits per heavy atom. The van der Waals surface area contributed by atoms with E-state index in [0.29, 0.717) is 11.8 Å². The first-order chi connectivity index (χ1) is 14.2. The number of hydrogen-bond acceptors (Lipinski definition) is 5. The Hall–Kier alpha value is -2.96. The average Bonchev–Trinajstić information content (AvgIpc) is 3.27. The molecule has 29 heavy (non-hydrogen) atoms. The van der Waals surface area contributed by atoms with Gasteiger partial charge in [0.25, 0.3) is 5.91 Å². The van der Waals surface area contributed by atoms with Crippen molar-refractivity contribution in [1.29, 1.82) is 0 Å². The molecule has 2 fully saturated rings. The van der Waals surface area contributed by atoms with Crippen molar-refractivity contribution in [3.05, 3.63) is 65.8 Å². The van der Waals surface area contributed by atoms with Crippen LogP contribution in [0, 0.1) is 5.92 Å². The second-order valence-corrected chi connectivity index (χ2v) is 8.22. The van der Waals surface area contributed by atoms with Gasteiger partial charge in [-0.05, 0) is 49.3 Å². The number of amides is 1. The van der Waals surface area contributed by atoms with Gasteiger partial charge in [0, 0.05) is 49.9 Å². The number of likely N-dealkylation sites (tertiary alicyclic amines) is 1. The first kappa shape index (κ1) is 18.1. The highest BCUT2D eigenvalue weighted by molar-refractivity contribution is 5.94. The van der Waals surface area contributed by atoms with Crippen molar-refractivity contribution in [1.82, 2.24) is 24.6 Å². The van der Waals surface area contributed by atoms with Crippen LogP contribution in [-0.2, 0) is 13.0 Å². The van der Waals surface area contributed by atoms with E-state index in [1.165, 1.54) is 12.8 Å². The predicted molar refractivity (Wildman–Crippen MR) is 106 cm³/mol. The molecule has 0 N–H and O–H groups in total. The zero-order chi connectivity index (χ0) is 19.6. The smallest absolute Gasteiger partial charge is 0.253 e. The van der Waals surface area contributed by atoms with Crippen LogP contribution in [0.15, 0.2) is 47.5 Å². The van der Waals surface area contributed by atoms with Crippen molar-refractivity contribution in [2.75, 3.05) is 13.1 Å². The van der Waals surface area contributed by atoms with E-state index in [2.05, 4.69) is 15.1 Å². The highest BCUT2D eigenvalue weighted by Crippen LogP contribution is 2.38. The SMILES string of the molecule is O=C(c1ccc(Cn2ccnc2)cc1)N1CCC[C@@H](Cc2nc(C3CC3)no2)C1. The molecule has 7 nitrogen and oxygen atoms in total. The van der Waals surface area contributed by atoms with Crippen LogP contribution in [0.1, 0.15) is 59.2 Å². The van der Waals surface area contributed by atoms with Crippen LogP contribution < -0.4 is 0 Å². The number of aromatic nitrogens is 4. The second kappa shape index (κ2) is 7.81. The van der Waals surface area contributed by atoms with Gasteiger partial charge >= 0.3 is 0 Å². The van der Waals surface area contributed by atoms with Crippen LogP contribution in [0.3, 0.4) is 0 Å². The molecule has 2 aliphatic rings. The number of rotatable bonds is 6. The third-order valence-corrected chi connectivity index (χ3v) is 5.82. The zero-order valence-corrected chi connectivity index (χ0v) is 16.4. The third kappa shape index (κ3) is 4.23. The molecular weight excluding hydrogens is 366 g/mol. The van der Waals surface area contributed by atoms with Crippen LogP contribution in [0.25, 0.3) is 0 Å². The molecule has 0 bridgehead atoms. The van der Waals surface area contributed by atoms with Crippen LogP contribution in [0.4, 0.5) is 0 Å². The maximum Gasteiger partial charge on any atom is 0.253 e. The topological polar surface area (TPSA) is 77.1 Å². The maximum absolute atomic E-state index is 13.0. The molecule has 5 rings (SSSR count). The summed E-state index contributed by atoms with van der Waals surface area (Å²) in [7, 11) is 0.